The second-order valence-corrected chi connectivity index (χ2v) is 10.2. The molecule has 0 amide bonds. The number of hydrogen-bond donors (Lipinski definition) is 2. The van der Waals surface area contributed by atoms with Gasteiger partial charge in [0.15, 0.2) is 9.84 Å². The number of halogens is 1. The average molecular weight is 449 g/mol. The number of anilines is 1. The molecule has 142 valence electrons. The number of aromatic amines is 1. The number of nitrogens with zero attached hydrogens (tertiary/aromatic N) is 2. The lowest BCUT2D eigenvalue weighted by molar-refractivity contribution is 0.542. The number of H-pyrrole nitrogens is 1. The zero-order chi connectivity index (χ0) is 19.2. The predicted octanol–water partition coefficient (Wildman–Crippen LogP) is 4.25. The molecule has 3 heterocycles. The van der Waals surface area contributed by atoms with Gasteiger partial charge in [0.25, 0.3) is 0 Å². The van der Waals surface area contributed by atoms with Gasteiger partial charge < -0.3 is 10.3 Å². The average Bonchev–Trinajstić information content (AvgIpc) is 3.00. The molecule has 1 aliphatic rings. The Labute approximate surface area is 166 Å². The number of nitrogens with one attached hydrogen (secondary N) is 2. The van der Waals surface area contributed by atoms with Crippen LogP contribution in [0.2, 0.25) is 0 Å². The van der Waals surface area contributed by atoms with E-state index >= 15 is 0 Å². The number of aromatic nitrogens is 3. The fourth-order valence-corrected chi connectivity index (χ4v) is 5.67. The molecule has 0 fully saturated rings. The van der Waals surface area contributed by atoms with Gasteiger partial charge in [-0.2, -0.15) is 0 Å². The molecular formula is C19H21BrN4O2S. The van der Waals surface area contributed by atoms with Crippen molar-refractivity contribution in [2.75, 3.05) is 11.1 Å². The third kappa shape index (κ3) is 3.48. The van der Waals surface area contributed by atoms with Gasteiger partial charge in [-0.1, -0.05) is 26.0 Å². The Morgan fingerprint density at radius 1 is 1.22 bits per heavy atom. The molecule has 0 saturated heterocycles. The molecule has 0 bridgehead atoms. The molecule has 1 aliphatic heterocycles. The molecule has 2 aromatic heterocycles. The van der Waals surface area contributed by atoms with E-state index in [1.54, 1.807) is 0 Å². The summed E-state index contributed by atoms with van der Waals surface area (Å²) in [7, 11) is -3.19. The lowest BCUT2D eigenvalue weighted by Gasteiger charge is -2.26. The topological polar surface area (TPSA) is 87.7 Å². The zero-order valence-corrected chi connectivity index (χ0v) is 17.6. The minimum Gasteiger partial charge on any atom is -0.362 e. The molecule has 4 rings (SSSR count). The van der Waals surface area contributed by atoms with Gasteiger partial charge in [-0.3, -0.25) is 0 Å². The third-order valence-electron chi connectivity index (χ3n) is 5.00. The molecule has 0 aliphatic carbocycles. The number of sulfone groups is 1. The van der Waals surface area contributed by atoms with Crippen molar-refractivity contribution in [3.63, 3.8) is 0 Å². The molecule has 3 aromatic rings. The van der Waals surface area contributed by atoms with E-state index in [0.717, 1.165) is 39.0 Å². The Kier molecular flexibility index (Phi) is 4.71. The monoisotopic (exact) mass is 448 g/mol. The van der Waals surface area contributed by atoms with Crippen LogP contribution in [0.3, 0.4) is 0 Å². The normalized spacial score (nSPS) is 17.0. The summed E-state index contributed by atoms with van der Waals surface area (Å²) in [6.07, 6.45) is 3.03. The highest BCUT2D eigenvalue weighted by molar-refractivity contribution is 9.10. The summed E-state index contributed by atoms with van der Waals surface area (Å²) in [5.74, 6) is 1.19. The van der Waals surface area contributed by atoms with E-state index in [-0.39, 0.29) is 17.7 Å². The first-order chi connectivity index (χ1) is 12.8. The van der Waals surface area contributed by atoms with Crippen molar-refractivity contribution in [1.82, 2.24) is 15.0 Å². The van der Waals surface area contributed by atoms with Crippen molar-refractivity contribution in [3.05, 3.63) is 46.3 Å². The Bertz CT molecular complexity index is 1110. The molecule has 6 nitrogen and oxygen atoms in total. The summed E-state index contributed by atoms with van der Waals surface area (Å²) in [5.41, 5.74) is 2.62. The first kappa shape index (κ1) is 18.4. The van der Waals surface area contributed by atoms with Crippen molar-refractivity contribution >= 4 is 42.6 Å². The fourth-order valence-electron chi connectivity index (χ4n) is 3.63. The quantitative estimate of drug-likeness (QED) is 0.622. The van der Waals surface area contributed by atoms with E-state index in [0.29, 0.717) is 11.3 Å². The minimum absolute atomic E-state index is 0.0702. The molecule has 27 heavy (non-hydrogen) atoms. The van der Waals surface area contributed by atoms with Crippen molar-refractivity contribution < 1.29 is 8.42 Å². The maximum atomic E-state index is 12.5. The molecular weight excluding hydrogens is 428 g/mol. The van der Waals surface area contributed by atoms with Crippen LogP contribution in [-0.4, -0.2) is 29.1 Å². The van der Waals surface area contributed by atoms with E-state index in [1.807, 2.05) is 24.3 Å². The molecule has 1 atom stereocenters. The van der Waals surface area contributed by atoms with Crippen LogP contribution in [-0.2, 0) is 16.3 Å². The molecule has 1 aromatic carbocycles. The second kappa shape index (κ2) is 6.91. The van der Waals surface area contributed by atoms with Gasteiger partial charge in [0.05, 0.1) is 26.7 Å². The minimum atomic E-state index is -3.19. The third-order valence-corrected chi connectivity index (χ3v) is 7.30. The lowest BCUT2D eigenvalue weighted by Crippen LogP contribution is -2.20. The smallest absolute Gasteiger partial charge is 0.178 e. The number of benzene rings is 1. The zero-order valence-electron chi connectivity index (χ0n) is 15.2. The maximum absolute atomic E-state index is 12.5. The highest BCUT2D eigenvalue weighted by Crippen LogP contribution is 2.33. The van der Waals surface area contributed by atoms with E-state index in [2.05, 4.69) is 50.0 Å². The first-order valence-electron chi connectivity index (χ1n) is 8.96. The molecule has 2 N–H and O–H groups in total. The highest BCUT2D eigenvalue weighted by atomic mass is 79.9. The van der Waals surface area contributed by atoms with Crippen LogP contribution in [0.4, 0.5) is 5.82 Å². The van der Waals surface area contributed by atoms with E-state index in [1.165, 1.54) is 6.33 Å². The maximum Gasteiger partial charge on any atom is 0.178 e. The van der Waals surface area contributed by atoms with Crippen molar-refractivity contribution in [2.45, 2.75) is 37.6 Å². The van der Waals surface area contributed by atoms with Crippen LogP contribution < -0.4 is 5.32 Å². The van der Waals surface area contributed by atoms with Gasteiger partial charge in [-0.25, -0.2) is 18.4 Å². The van der Waals surface area contributed by atoms with Crippen LogP contribution >= 0.6 is 15.9 Å². The van der Waals surface area contributed by atoms with E-state index in [9.17, 15) is 8.42 Å². The summed E-state index contributed by atoms with van der Waals surface area (Å²) in [6.45, 7) is 4.22. The fraction of sp³-hybridized carbons (Fsp3) is 0.368. The van der Waals surface area contributed by atoms with Gasteiger partial charge in [0.2, 0.25) is 0 Å². The van der Waals surface area contributed by atoms with Gasteiger partial charge >= 0.3 is 0 Å². The van der Waals surface area contributed by atoms with Gasteiger partial charge in [0, 0.05) is 0 Å². The largest absolute Gasteiger partial charge is 0.362 e. The summed E-state index contributed by atoms with van der Waals surface area (Å²) in [4.78, 5) is 12.3. The number of fused-ring (bicyclic) bond motifs is 2. The molecule has 0 saturated carbocycles. The summed E-state index contributed by atoms with van der Waals surface area (Å²) in [5, 5.41) is 4.39. The summed E-state index contributed by atoms with van der Waals surface area (Å²) >= 11 is 3.43. The van der Waals surface area contributed by atoms with E-state index in [4.69, 9.17) is 0 Å². The second-order valence-electron chi connectivity index (χ2n) is 7.26. The van der Waals surface area contributed by atoms with Gasteiger partial charge in [-0.15, -0.1) is 0 Å². The number of hydrogen-bond acceptors (Lipinski definition) is 5. The van der Waals surface area contributed by atoms with Crippen LogP contribution in [0.1, 0.15) is 37.4 Å². The molecule has 8 heteroatoms. The Morgan fingerprint density at radius 3 is 2.81 bits per heavy atom. The first-order valence-corrected chi connectivity index (χ1v) is 11.4. The van der Waals surface area contributed by atoms with Crippen molar-refractivity contribution in [3.8, 4) is 0 Å². The van der Waals surface area contributed by atoms with Crippen LogP contribution in [0.15, 0.2) is 40.1 Å². The van der Waals surface area contributed by atoms with Crippen LogP contribution in [0.25, 0.3) is 11.0 Å². The summed E-state index contributed by atoms with van der Waals surface area (Å²) in [6, 6.07) is 7.70. The Balaban J connectivity index is 1.75. The highest BCUT2D eigenvalue weighted by Gasteiger charge is 2.26. The number of rotatable bonds is 4. The van der Waals surface area contributed by atoms with Crippen molar-refractivity contribution in [2.24, 2.45) is 5.92 Å². The molecule has 0 unspecified atom stereocenters. The standard InChI is InChI=1S/C19H21BrN4O2S/c1-11(2)17(24-19-14-9-16(20)23-18(14)21-10-22-19)13-6-5-12-4-3-7-27(25,26)15(12)8-13/h5-6,8-11,17H,3-4,7H2,1-2H3,(H2,21,22,23,24)/t17-/m1/s1. The Morgan fingerprint density at radius 2 is 2.04 bits per heavy atom. The van der Waals surface area contributed by atoms with E-state index < -0.39 is 9.84 Å². The Hall–Kier alpha value is -1.93. The number of aryl methyl sites for hydroxylation is 1. The lowest BCUT2D eigenvalue weighted by atomic mass is 9.94. The SMILES string of the molecule is CC(C)[C@@H](Nc1ncnc2[nH]c(Br)cc12)c1ccc2c(c1)S(=O)(=O)CCC2. The van der Waals surface area contributed by atoms with Crippen molar-refractivity contribution in [1.29, 1.82) is 0 Å². The van der Waals surface area contributed by atoms with Crippen LogP contribution in [0.5, 0.6) is 0 Å². The van der Waals surface area contributed by atoms with Gasteiger partial charge in [0.1, 0.15) is 17.8 Å². The predicted molar refractivity (Wildman–Crippen MR) is 110 cm³/mol. The van der Waals surface area contributed by atoms with Crippen LogP contribution in [0, 0.1) is 5.92 Å². The molecule has 0 radical (unpaired) electrons. The molecule has 0 spiro atoms. The summed E-state index contributed by atoms with van der Waals surface area (Å²) < 4.78 is 25.8. The van der Waals surface area contributed by atoms with Gasteiger partial charge in [-0.05, 0) is 57.9 Å².